The zero-order chi connectivity index (χ0) is 31.1. The van der Waals surface area contributed by atoms with Crippen LogP contribution in [0.2, 0.25) is 0 Å². The summed E-state index contributed by atoms with van der Waals surface area (Å²) in [5.74, 6) is -1.80. The van der Waals surface area contributed by atoms with Gasteiger partial charge < -0.3 is 18.9 Å². The lowest BCUT2D eigenvalue weighted by Crippen LogP contribution is -2.44. The normalized spacial score (nSPS) is 14.6. The average molecular weight is 618 g/mol. The Hall–Kier alpha value is -4.68. The number of hydrogen-bond acceptors (Lipinski definition) is 7. The van der Waals surface area contributed by atoms with Crippen LogP contribution in [0, 0.1) is 11.6 Å². The lowest BCUT2D eigenvalue weighted by Gasteiger charge is -2.33. The van der Waals surface area contributed by atoms with Gasteiger partial charge in [-0.15, -0.1) is 11.3 Å². The molecule has 1 aliphatic rings. The van der Waals surface area contributed by atoms with Crippen molar-refractivity contribution in [1.29, 1.82) is 0 Å². The van der Waals surface area contributed by atoms with Crippen LogP contribution in [0.25, 0.3) is 43.9 Å². The van der Waals surface area contributed by atoms with E-state index in [-0.39, 0.29) is 42.0 Å². The summed E-state index contributed by atoms with van der Waals surface area (Å²) in [7, 11) is 3.17. The molecule has 1 aromatic carbocycles. The van der Waals surface area contributed by atoms with E-state index in [1.165, 1.54) is 35.2 Å². The van der Waals surface area contributed by atoms with Gasteiger partial charge in [-0.05, 0) is 36.6 Å². The fourth-order valence-corrected chi connectivity index (χ4v) is 6.40. The van der Waals surface area contributed by atoms with Gasteiger partial charge in [0.05, 0.1) is 36.6 Å². The minimum atomic E-state index is -0.822. The number of carbonyl (C=O) groups is 1. The summed E-state index contributed by atoms with van der Waals surface area (Å²) in [5, 5.41) is 7.40. The molecule has 9 nitrogen and oxygen atoms in total. The number of ether oxygens (including phenoxy) is 2. The first-order valence-corrected chi connectivity index (χ1v) is 14.8. The first-order valence-electron chi connectivity index (χ1n) is 13.9. The second kappa shape index (κ2) is 11.8. The minimum absolute atomic E-state index is 0.000945. The summed E-state index contributed by atoms with van der Waals surface area (Å²) in [4.78, 5) is 31.9. The molecular formula is C32H29F2N5O4S. The Morgan fingerprint density at radius 3 is 2.73 bits per heavy atom. The van der Waals surface area contributed by atoms with Crippen molar-refractivity contribution in [2.45, 2.75) is 26.1 Å². The standard InChI is InChI=1S/C32H29F2N5O4S/c1-5-26(40)38-17-21-15-24(36-39(21)16-18(38)2)31-29(28-23(34)13-20(33)14-25(28)43-10-9-42-4)32-22(7-11-44-32)30(35-31)19-6-8-37(3)27(41)12-19/h5-8,11-15,18H,1,9-10,16-17H2,2-4H3/t18-/m1/s1. The fourth-order valence-electron chi connectivity index (χ4n) is 5.45. The number of aromatic nitrogens is 4. The van der Waals surface area contributed by atoms with E-state index in [0.29, 0.717) is 51.4 Å². The van der Waals surface area contributed by atoms with Crippen LogP contribution in [0.3, 0.4) is 0 Å². The molecule has 0 unspecified atom stereocenters. The maximum absolute atomic E-state index is 15.9. The van der Waals surface area contributed by atoms with E-state index in [9.17, 15) is 14.0 Å². The average Bonchev–Trinajstić information content (AvgIpc) is 3.65. The summed E-state index contributed by atoms with van der Waals surface area (Å²) in [6, 6.07) is 8.79. The van der Waals surface area contributed by atoms with Gasteiger partial charge in [0.15, 0.2) is 0 Å². The number of nitrogens with zero attached hydrogens (tertiary/aromatic N) is 5. The van der Waals surface area contributed by atoms with Crippen LogP contribution in [-0.4, -0.2) is 56.5 Å². The monoisotopic (exact) mass is 617 g/mol. The van der Waals surface area contributed by atoms with Gasteiger partial charge in [0.1, 0.15) is 35.4 Å². The molecule has 1 aliphatic heterocycles. The van der Waals surface area contributed by atoms with Crippen molar-refractivity contribution in [3.05, 3.63) is 88.3 Å². The second-order valence-corrected chi connectivity index (χ2v) is 11.5. The van der Waals surface area contributed by atoms with Crippen LogP contribution in [-0.2, 0) is 29.7 Å². The molecule has 0 fully saturated rings. The molecule has 0 aliphatic carbocycles. The highest BCUT2D eigenvalue weighted by Crippen LogP contribution is 2.47. The highest BCUT2D eigenvalue weighted by molar-refractivity contribution is 7.18. The van der Waals surface area contributed by atoms with Gasteiger partial charge in [-0.3, -0.25) is 14.3 Å². The topological polar surface area (TPSA) is 91.5 Å². The number of pyridine rings is 2. The molecule has 1 amide bonds. The van der Waals surface area contributed by atoms with E-state index in [2.05, 4.69) is 6.58 Å². The molecular weight excluding hydrogens is 588 g/mol. The molecule has 0 saturated carbocycles. The van der Waals surface area contributed by atoms with E-state index in [0.717, 1.165) is 17.8 Å². The Bertz CT molecular complexity index is 1980. The molecule has 0 radical (unpaired) electrons. The zero-order valence-electron chi connectivity index (χ0n) is 24.3. The highest BCUT2D eigenvalue weighted by atomic mass is 32.1. The quantitative estimate of drug-likeness (QED) is 0.171. The van der Waals surface area contributed by atoms with Gasteiger partial charge in [0.25, 0.3) is 5.56 Å². The van der Waals surface area contributed by atoms with Crippen molar-refractivity contribution < 1.29 is 23.0 Å². The number of methoxy groups -OCH3 is 1. The Kier molecular flexibility index (Phi) is 7.87. The molecule has 6 rings (SSSR count). The maximum Gasteiger partial charge on any atom is 0.250 e. The molecule has 0 spiro atoms. The summed E-state index contributed by atoms with van der Waals surface area (Å²) < 4.78 is 45.3. The van der Waals surface area contributed by atoms with E-state index in [4.69, 9.17) is 19.6 Å². The first-order chi connectivity index (χ1) is 21.2. The SMILES string of the molecule is C=CC(=O)N1Cc2cc(-c3nc(-c4ccn(C)c(=O)c4)c4ccsc4c3-c3c(F)cc(F)cc3OCCOC)nn2C[C@H]1C. The molecule has 44 heavy (non-hydrogen) atoms. The van der Waals surface area contributed by atoms with Gasteiger partial charge in [-0.2, -0.15) is 5.10 Å². The molecule has 0 N–H and O–H groups in total. The lowest BCUT2D eigenvalue weighted by atomic mass is 9.96. The van der Waals surface area contributed by atoms with Crippen molar-refractivity contribution in [2.24, 2.45) is 7.05 Å². The van der Waals surface area contributed by atoms with Gasteiger partial charge in [0, 0.05) is 65.8 Å². The van der Waals surface area contributed by atoms with E-state index in [1.54, 1.807) is 24.2 Å². The van der Waals surface area contributed by atoms with Gasteiger partial charge in [-0.25, -0.2) is 13.8 Å². The minimum Gasteiger partial charge on any atom is -0.490 e. The Morgan fingerprint density at radius 1 is 1.16 bits per heavy atom. The Labute approximate surface area is 255 Å². The van der Waals surface area contributed by atoms with E-state index in [1.807, 2.05) is 29.1 Å². The number of fused-ring (bicyclic) bond motifs is 2. The van der Waals surface area contributed by atoms with Crippen LogP contribution in [0.15, 0.2) is 65.4 Å². The molecule has 5 aromatic rings. The molecule has 4 aromatic heterocycles. The number of rotatable bonds is 8. The number of halogens is 2. The van der Waals surface area contributed by atoms with Crippen LogP contribution in [0.4, 0.5) is 8.78 Å². The van der Waals surface area contributed by atoms with Gasteiger partial charge in [0.2, 0.25) is 5.91 Å². The summed E-state index contributed by atoms with van der Waals surface area (Å²) >= 11 is 1.36. The van der Waals surface area contributed by atoms with E-state index >= 15 is 4.39 Å². The van der Waals surface area contributed by atoms with Crippen molar-refractivity contribution >= 4 is 27.3 Å². The molecule has 0 bridgehead atoms. The molecule has 226 valence electrons. The van der Waals surface area contributed by atoms with Crippen LogP contribution in [0.5, 0.6) is 5.75 Å². The van der Waals surface area contributed by atoms with E-state index < -0.39 is 11.6 Å². The molecule has 12 heteroatoms. The number of amides is 1. The highest BCUT2D eigenvalue weighted by Gasteiger charge is 2.30. The molecule has 0 saturated heterocycles. The third-order valence-electron chi connectivity index (χ3n) is 7.66. The van der Waals surface area contributed by atoms with Crippen molar-refractivity contribution in [3.8, 4) is 39.5 Å². The number of hydrogen-bond donors (Lipinski definition) is 0. The smallest absolute Gasteiger partial charge is 0.250 e. The number of thiophene rings is 1. The number of carbonyl (C=O) groups excluding carboxylic acids is 1. The first kappa shape index (κ1) is 29.4. The largest absolute Gasteiger partial charge is 0.490 e. The van der Waals surface area contributed by atoms with Crippen LogP contribution >= 0.6 is 11.3 Å². The summed E-state index contributed by atoms with van der Waals surface area (Å²) in [6.45, 7) is 6.56. The zero-order valence-corrected chi connectivity index (χ0v) is 25.2. The van der Waals surface area contributed by atoms with Gasteiger partial charge in [-0.1, -0.05) is 6.58 Å². The molecule has 5 heterocycles. The summed E-state index contributed by atoms with van der Waals surface area (Å²) in [6.07, 6.45) is 2.95. The predicted molar refractivity (Wildman–Crippen MR) is 164 cm³/mol. The van der Waals surface area contributed by atoms with Gasteiger partial charge >= 0.3 is 0 Å². The fraction of sp³-hybridized carbons (Fsp3) is 0.250. The number of benzene rings is 1. The lowest BCUT2D eigenvalue weighted by molar-refractivity contribution is -0.129. The van der Waals surface area contributed by atoms with Crippen molar-refractivity contribution in [3.63, 3.8) is 0 Å². The summed E-state index contributed by atoms with van der Waals surface area (Å²) in [5.41, 5.74) is 2.83. The predicted octanol–water partition coefficient (Wildman–Crippen LogP) is 5.41. The number of aryl methyl sites for hydroxylation is 1. The molecule has 1 atom stereocenters. The maximum atomic E-state index is 15.9. The third-order valence-corrected chi connectivity index (χ3v) is 8.60. The van der Waals surface area contributed by atoms with Crippen LogP contribution in [0.1, 0.15) is 12.6 Å². The van der Waals surface area contributed by atoms with Crippen LogP contribution < -0.4 is 10.3 Å². The Balaban J connectivity index is 1.64. The Morgan fingerprint density at radius 2 is 1.98 bits per heavy atom. The van der Waals surface area contributed by atoms with Crippen molar-refractivity contribution in [1.82, 2.24) is 24.2 Å². The second-order valence-electron chi connectivity index (χ2n) is 10.5. The van der Waals surface area contributed by atoms with Crippen molar-refractivity contribution in [2.75, 3.05) is 20.3 Å². The third kappa shape index (κ3) is 5.20.